The monoisotopic (exact) mass is 239 g/mol. The molecule has 0 bridgehead atoms. The van der Waals surface area contributed by atoms with Gasteiger partial charge in [-0.05, 0) is 42.4 Å². The van der Waals surface area contributed by atoms with E-state index in [9.17, 15) is 0 Å². The Morgan fingerprint density at radius 2 is 2.31 bits per heavy atom. The molecule has 6 heteroatoms. The van der Waals surface area contributed by atoms with Crippen LogP contribution in [0.15, 0.2) is 0 Å². The number of nitrogens with one attached hydrogen (secondary N) is 1. The quantitative estimate of drug-likeness (QED) is 0.796. The van der Waals surface area contributed by atoms with Crippen LogP contribution < -0.4 is 5.32 Å². The van der Waals surface area contributed by atoms with E-state index in [2.05, 4.69) is 27.1 Å². The molecule has 1 heterocycles. The molecular formula is C10H17N5S. The second-order valence-electron chi connectivity index (χ2n) is 4.80. The van der Waals surface area contributed by atoms with Crippen LogP contribution in [0.5, 0.6) is 0 Å². The molecule has 5 nitrogen and oxygen atoms in total. The number of rotatable bonds is 6. The minimum atomic E-state index is 0.420. The maximum atomic E-state index is 4.09. The Kier molecular flexibility index (Phi) is 2.63. The molecule has 0 unspecified atom stereocenters. The lowest BCUT2D eigenvalue weighted by molar-refractivity contribution is 0.525. The standard InChI is InChI=1S/C10H17N5S/c1-16-10(4-5-10)7-15-9(12-13-14-15)6-11-8-2-3-8/h8,11H,2-7H2,1H3. The summed E-state index contributed by atoms with van der Waals surface area (Å²) in [6.45, 7) is 1.77. The van der Waals surface area contributed by atoms with Gasteiger partial charge in [-0.15, -0.1) is 5.10 Å². The molecule has 1 aromatic rings. The van der Waals surface area contributed by atoms with Crippen LogP contribution in [0.3, 0.4) is 0 Å². The van der Waals surface area contributed by atoms with Gasteiger partial charge < -0.3 is 5.32 Å². The number of tetrazole rings is 1. The van der Waals surface area contributed by atoms with E-state index in [1.807, 2.05) is 16.4 Å². The molecule has 2 saturated carbocycles. The van der Waals surface area contributed by atoms with Crippen LogP contribution in [0.2, 0.25) is 0 Å². The van der Waals surface area contributed by atoms with E-state index >= 15 is 0 Å². The zero-order valence-corrected chi connectivity index (χ0v) is 10.3. The lowest BCUT2D eigenvalue weighted by Gasteiger charge is -2.12. The summed E-state index contributed by atoms with van der Waals surface area (Å²) in [5, 5.41) is 15.4. The number of aromatic nitrogens is 4. The lowest BCUT2D eigenvalue weighted by Crippen LogP contribution is -2.22. The van der Waals surface area contributed by atoms with Crippen LogP contribution in [0.25, 0.3) is 0 Å². The van der Waals surface area contributed by atoms with Crippen molar-refractivity contribution in [2.24, 2.45) is 0 Å². The summed E-state index contributed by atoms with van der Waals surface area (Å²) in [5.74, 6) is 0.979. The molecule has 0 saturated heterocycles. The first-order valence-corrected chi connectivity index (χ1v) is 7.07. The van der Waals surface area contributed by atoms with Crippen molar-refractivity contribution in [3.05, 3.63) is 5.82 Å². The van der Waals surface area contributed by atoms with Crippen molar-refractivity contribution in [2.75, 3.05) is 6.26 Å². The summed E-state index contributed by atoms with van der Waals surface area (Å²) in [5.41, 5.74) is 0. The van der Waals surface area contributed by atoms with E-state index in [0.717, 1.165) is 18.9 Å². The summed E-state index contributed by atoms with van der Waals surface area (Å²) in [6, 6.07) is 0.709. The minimum Gasteiger partial charge on any atom is -0.307 e. The van der Waals surface area contributed by atoms with Crippen molar-refractivity contribution in [3.8, 4) is 0 Å². The Labute approximate surface area is 99.4 Å². The third kappa shape index (κ3) is 2.22. The fourth-order valence-electron chi connectivity index (χ4n) is 1.83. The molecule has 2 aliphatic carbocycles. The molecule has 16 heavy (non-hydrogen) atoms. The van der Waals surface area contributed by atoms with E-state index in [0.29, 0.717) is 10.8 Å². The molecule has 1 N–H and O–H groups in total. The van der Waals surface area contributed by atoms with Gasteiger partial charge in [-0.2, -0.15) is 11.8 Å². The summed E-state index contributed by atoms with van der Waals surface area (Å²) in [6.07, 6.45) is 7.37. The minimum absolute atomic E-state index is 0.420. The average molecular weight is 239 g/mol. The molecule has 88 valence electrons. The van der Waals surface area contributed by atoms with Crippen LogP contribution >= 0.6 is 11.8 Å². The number of thioether (sulfide) groups is 1. The molecule has 2 fully saturated rings. The van der Waals surface area contributed by atoms with Crippen molar-refractivity contribution in [1.29, 1.82) is 0 Å². The molecule has 0 aliphatic heterocycles. The van der Waals surface area contributed by atoms with Gasteiger partial charge in [0.15, 0.2) is 5.82 Å². The second-order valence-corrected chi connectivity index (χ2v) is 6.07. The average Bonchev–Trinajstić information content (AvgIpc) is 3.19. The zero-order chi connectivity index (χ0) is 11.0. The van der Waals surface area contributed by atoms with Crippen molar-refractivity contribution in [2.45, 2.75) is 49.6 Å². The van der Waals surface area contributed by atoms with Gasteiger partial charge in [-0.25, -0.2) is 4.68 Å². The Morgan fingerprint density at radius 3 is 2.94 bits per heavy atom. The maximum absolute atomic E-state index is 4.09. The van der Waals surface area contributed by atoms with E-state index in [-0.39, 0.29) is 0 Å². The van der Waals surface area contributed by atoms with Crippen LogP contribution in [0.4, 0.5) is 0 Å². The van der Waals surface area contributed by atoms with Gasteiger partial charge in [0.1, 0.15) is 0 Å². The van der Waals surface area contributed by atoms with E-state index in [1.54, 1.807) is 0 Å². The summed E-state index contributed by atoms with van der Waals surface area (Å²) in [4.78, 5) is 0. The van der Waals surface area contributed by atoms with Crippen molar-refractivity contribution in [3.63, 3.8) is 0 Å². The molecule has 0 atom stereocenters. The third-order valence-corrected chi connectivity index (χ3v) is 4.81. The van der Waals surface area contributed by atoms with Crippen LogP contribution in [0, 0.1) is 0 Å². The third-order valence-electron chi connectivity index (χ3n) is 3.41. The smallest absolute Gasteiger partial charge is 0.165 e. The Balaban J connectivity index is 1.62. The van der Waals surface area contributed by atoms with Crippen LogP contribution in [-0.2, 0) is 13.1 Å². The van der Waals surface area contributed by atoms with Gasteiger partial charge in [0.25, 0.3) is 0 Å². The first-order chi connectivity index (χ1) is 7.81. The van der Waals surface area contributed by atoms with Gasteiger partial charge in [0.2, 0.25) is 0 Å². The van der Waals surface area contributed by atoms with Crippen molar-refractivity contribution in [1.82, 2.24) is 25.5 Å². The van der Waals surface area contributed by atoms with Gasteiger partial charge in [-0.1, -0.05) is 0 Å². The molecule has 1 aromatic heterocycles. The second kappa shape index (κ2) is 4.00. The van der Waals surface area contributed by atoms with E-state index in [1.165, 1.54) is 25.7 Å². The highest BCUT2D eigenvalue weighted by Gasteiger charge is 2.43. The fourth-order valence-corrected chi connectivity index (χ4v) is 2.60. The predicted molar refractivity (Wildman–Crippen MR) is 63.2 cm³/mol. The first-order valence-electron chi connectivity index (χ1n) is 5.85. The lowest BCUT2D eigenvalue weighted by atomic mass is 10.4. The van der Waals surface area contributed by atoms with Gasteiger partial charge in [0.05, 0.1) is 13.1 Å². The van der Waals surface area contributed by atoms with Crippen molar-refractivity contribution >= 4 is 11.8 Å². The fraction of sp³-hybridized carbons (Fsp3) is 0.900. The molecule has 0 aromatic carbocycles. The van der Waals surface area contributed by atoms with Crippen molar-refractivity contribution < 1.29 is 0 Å². The molecule has 0 spiro atoms. The SMILES string of the molecule is CSC1(Cn2nnnc2CNC2CC2)CC1. The highest BCUT2D eigenvalue weighted by atomic mass is 32.2. The molecule has 3 rings (SSSR count). The van der Waals surface area contributed by atoms with E-state index in [4.69, 9.17) is 0 Å². The Bertz CT molecular complexity index is 369. The molecular weight excluding hydrogens is 222 g/mol. The first kappa shape index (κ1) is 10.5. The molecule has 2 aliphatic rings. The highest BCUT2D eigenvalue weighted by Crippen LogP contribution is 2.48. The molecule has 0 radical (unpaired) electrons. The van der Waals surface area contributed by atoms with Gasteiger partial charge in [0, 0.05) is 10.8 Å². The maximum Gasteiger partial charge on any atom is 0.165 e. The normalized spacial score (nSPS) is 22.3. The van der Waals surface area contributed by atoms with Crippen LogP contribution in [-0.4, -0.2) is 37.3 Å². The summed E-state index contributed by atoms with van der Waals surface area (Å²) < 4.78 is 2.39. The zero-order valence-electron chi connectivity index (χ0n) is 9.52. The number of hydrogen-bond donors (Lipinski definition) is 1. The number of nitrogens with zero attached hydrogens (tertiary/aromatic N) is 4. The highest BCUT2D eigenvalue weighted by molar-refractivity contribution is 8.00. The van der Waals surface area contributed by atoms with Gasteiger partial charge in [-0.3, -0.25) is 0 Å². The van der Waals surface area contributed by atoms with E-state index < -0.39 is 0 Å². The Morgan fingerprint density at radius 1 is 1.50 bits per heavy atom. The topological polar surface area (TPSA) is 55.6 Å². The van der Waals surface area contributed by atoms with Crippen LogP contribution in [0.1, 0.15) is 31.5 Å². The summed E-state index contributed by atoms with van der Waals surface area (Å²) >= 11 is 1.95. The Hall–Kier alpha value is -0.620. The van der Waals surface area contributed by atoms with Gasteiger partial charge >= 0.3 is 0 Å². The number of hydrogen-bond acceptors (Lipinski definition) is 5. The summed E-state index contributed by atoms with van der Waals surface area (Å²) in [7, 11) is 0. The predicted octanol–water partition coefficient (Wildman–Crippen LogP) is 0.821. The molecule has 0 amide bonds. The largest absolute Gasteiger partial charge is 0.307 e.